The van der Waals surface area contributed by atoms with Crippen LogP contribution in [0.3, 0.4) is 0 Å². The fourth-order valence-corrected chi connectivity index (χ4v) is 1.84. The van der Waals surface area contributed by atoms with Crippen LogP contribution >= 0.6 is 11.6 Å². The van der Waals surface area contributed by atoms with Crippen molar-refractivity contribution in [2.45, 2.75) is 0 Å². The van der Waals surface area contributed by atoms with E-state index >= 15 is 0 Å². The average molecular weight is 284 g/mol. The Morgan fingerprint density at radius 2 is 1.75 bits per heavy atom. The standard InChI is InChI=1S/C14H10ClN5/c15-13-14(19-12-7-2-1-6-11(12)18-13)20-17-9-10-5-3-4-8-16-10/h1-9H,(H,19,20)/b17-9+. The Balaban J connectivity index is 1.84. The number of pyridine rings is 1. The number of rotatable bonds is 3. The van der Waals surface area contributed by atoms with Crippen molar-refractivity contribution >= 4 is 34.7 Å². The number of para-hydroxylation sites is 2. The van der Waals surface area contributed by atoms with E-state index in [1.54, 1.807) is 12.4 Å². The monoisotopic (exact) mass is 283 g/mol. The second kappa shape index (κ2) is 5.63. The van der Waals surface area contributed by atoms with Gasteiger partial charge in [0.25, 0.3) is 0 Å². The molecule has 1 aromatic carbocycles. The minimum Gasteiger partial charge on any atom is -0.259 e. The van der Waals surface area contributed by atoms with Crippen LogP contribution in [0, 0.1) is 0 Å². The maximum Gasteiger partial charge on any atom is 0.185 e. The van der Waals surface area contributed by atoms with Crippen molar-refractivity contribution in [3.8, 4) is 0 Å². The van der Waals surface area contributed by atoms with Crippen molar-refractivity contribution in [1.82, 2.24) is 15.0 Å². The van der Waals surface area contributed by atoms with Crippen LogP contribution in [0.4, 0.5) is 5.82 Å². The summed E-state index contributed by atoms with van der Waals surface area (Å²) >= 11 is 6.06. The zero-order chi connectivity index (χ0) is 13.8. The molecule has 0 amide bonds. The van der Waals surface area contributed by atoms with E-state index in [4.69, 9.17) is 11.6 Å². The molecule has 0 atom stereocenters. The first-order valence-electron chi connectivity index (χ1n) is 5.95. The van der Waals surface area contributed by atoms with Crippen molar-refractivity contribution < 1.29 is 0 Å². The third-order valence-corrected chi connectivity index (χ3v) is 2.85. The number of halogens is 1. The molecule has 0 saturated heterocycles. The van der Waals surface area contributed by atoms with Crippen molar-refractivity contribution in [3.05, 3.63) is 59.5 Å². The number of hydrogen-bond acceptors (Lipinski definition) is 5. The first kappa shape index (κ1) is 12.5. The van der Waals surface area contributed by atoms with Gasteiger partial charge in [-0.2, -0.15) is 5.10 Å². The van der Waals surface area contributed by atoms with Crippen LogP contribution in [0.1, 0.15) is 5.69 Å². The smallest absolute Gasteiger partial charge is 0.185 e. The molecule has 0 bridgehead atoms. The van der Waals surface area contributed by atoms with Crippen LogP contribution in [-0.2, 0) is 0 Å². The fourth-order valence-electron chi connectivity index (χ4n) is 1.66. The first-order valence-corrected chi connectivity index (χ1v) is 6.33. The zero-order valence-electron chi connectivity index (χ0n) is 10.4. The highest BCUT2D eigenvalue weighted by Crippen LogP contribution is 2.20. The Hall–Kier alpha value is -2.53. The van der Waals surface area contributed by atoms with Gasteiger partial charge >= 0.3 is 0 Å². The Bertz CT molecular complexity index is 758. The second-order valence-electron chi connectivity index (χ2n) is 3.98. The van der Waals surface area contributed by atoms with Gasteiger partial charge in [0.1, 0.15) is 0 Å². The number of hydrogen-bond donors (Lipinski definition) is 1. The molecule has 3 aromatic rings. The zero-order valence-corrected chi connectivity index (χ0v) is 11.1. The molecule has 6 heteroatoms. The maximum absolute atomic E-state index is 6.06. The van der Waals surface area contributed by atoms with E-state index in [2.05, 4.69) is 25.5 Å². The SMILES string of the molecule is Clc1nc2ccccc2nc1N/N=C/c1ccccn1. The number of anilines is 1. The molecule has 2 heterocycles. The number of hydrazone groups is 1. The van der Waals surface area contributed by atoms with Gasteiger partial charge < -0.3 is 0 Å². The molecular weight excluding hydrogens is 274 g/mol. The molecule has 5 nitrogen and oxygen atoms in total. The highest BCUT2D eigenvalue weighted by atomic mass is 35.5. The van der Waals surface area contributed by atoms with E-state index in [1.165, 1.54) is 0 Å². The molecule has 98 valence electrons. The number of nitrogens with zero attached hydrogens (tertiary/aromatic N) is 4. The van der Waals surface area contributed by atoms with E-state index < -0.39 is 0 Å². The summed E-state index contributed by atoms with van der Waals surface area (Å²) in [5.41, 5.74) is 5.02. The van der Waals surface area contributed by atoms with Gasteiger partial charge in [-0.3, -0.25) is 10.4 Å². The van der Waals surface area contributed by atoms with E-state index in [0.717, 1.165) is 16.7 Å². The third kappa shape index (κ3) is 2.73. The van der Waals surface area contributed by atoms with Crippen molar-refractivity contribution in [1.29, 1.82) is 0 Å². The van der Waals surface area contributed by atoms with Crippen molar-refractivity contribution in [2.75, 3.05) is 5.43 Å². The summed E-state index contributed by atoms with van der Waals surface area (Å²) in [6.45, 7) is 0. The van der Waals surface area contributed by atoms with Gasteiger partial charge in [0, 0.05) is 6.20 Å². The van der Waals surface area contributed by atoms with Crippen molar-refractivity contribution in [3.63, 3.8) is 0 Å². The Morgan fingerprint density at radius 3 is 2.50 bits per heavy atom. The molecular formula is C14H10ClN5. The molecule has 0 saturated carbocycles. The summed E-state index contributed by atoms with van der Waals surface area (Å²) in [6, 6.07) is 13.1. The Morgan fingerprint density at radius 1 is 1.00 bits per heavy atom. The first-order chi connectivity index (χ1) is 9.83. The molecule has 0 aliphatic heterocycles. The number of benzene rings is 1. The topological polar surface area (TPSA) is 63.1 Å². The summed E-state index contributed by atoms with van der Waals surface area (Å²) in [7, 11) is 0. The Labute approximate surface area is 120 Å². The maximum atomic E-state index is 6.06. The lowest BCUT2D eigenvalue weighted by molar-refractivity contribution is 1.21. The molecule has 0 radical (unpaired) electrons. The Kier molecular flexibility index (Phi) is 3.52. The lowest BCUT2D eigenvalue weighted by atomic mass is 10.3. The van der Waals surface area contributed by atoms with Gasteiger partial charge in [-0.25, -0.2) is 9.97 Å². The normalized spacial score (nSPS) is 11.1. The number of nitrogens with one attached hydrogen (secondary N) is 1. The summed E-state index contributed by atoms with van der Waals surface area (Å²) in [5.74, 6) is 0.414. The minimum atomic E-state index is 0.280. The second-order valence-corrected chi connectivity index (χ2v) is 4.33. The van der Waals surface area contributed by atoms with Gasteiger partial charge in [0.05, 0.1) is 22.9 Å². The third-order valence-electron chi connectivity index (χ3n) is 2.58. The van der Waals surface area contributed by atoms with E-state index in [-0.39, 0.29) is 5.15 Å². The summed E-state index contributed by atoms with van der Waals surface area (Å²) in [5, 5.41) is 4.33. The van der Waals surface area contributed by atoms with Crippen LogP contribution in [0.25, 0.3) is 11.0 Å². The van der Waals surface area contributed by atoms with Crippen LogP contribution in [0.15, 0.2) is 53.8 Å². The molecule has 0 aliphatic carbocycles. The lowest BCUT2D eigenvalue weighted by Crippen LogP contribution is -1.97. The highest BCUT2D eigenvalue weighted by Gasteiger charge is 2.05. The van der Waals surface area contributed by atoms with E-state index in [0.29, 0.717) is 5.82 Å². The molecule has 0 aliphatic rings. The summed E-state index contributed by atoms with van der Waals surface area (Å²) in [4.78, 5) is 12.7. The predicted molar refractivity (Wildman–Crippen MR) is 80.0 cm³/mol. The van der Waals surface area contributed by atoms with E-state index in [9.17, 15) is 0 Å². The lowest BCUT2D eigenvalue weighted by Gasteiger charge is -2.03. The van der Waals surface area contributed by atoms with Gasteiger partial charge in [0.15, 0.2) is 11.0 Å². The molecule has 1 N–H and O–H groups in total. The number of aromatic nitrogens is 3. The summed E-state index contributed by atoms with van der Waals surface area (Å²) < 4.78 is 0. The molecule has 0 unspecified atom stereocenters. The predicted octanol–water partition coefficient (Wildman–Crippen LogP) is 3.12. The minimum absolute atomic E-state index is 0.280. The highest BCUT2D eigenvalue weighted by molar-refractivity contribution is 6.32. The number of fused-ring (bicyclic) bond motifs is 1. The van der Waals surface area contributed by atoms with Crippen LogP contribution in [0.5, 0.6) is 0 Å². The van der Waals surface area contributed by atoms with Gasteiger partial charge in [-0.05, 0) is 24.3 Å². The quantitative estimate of drug-likeness (QED) is 0.592. The van der Waals surface area contributed by atoms with Crippen molar-refractivity contribution in [2.24, 2.45) is 5.10 Å². The van der Waals surface area contributed by atoms with Gasteiger partial charge in [-0.15, -0.1) is 0 Å². The van der Waals surface area contributed by atoms with E-state index in [1.807, 2.05) is 42.5 Å². The average Bonchev–Trinajstić information content (AvgIpc) is 2.49. The fraction of sp³-hybridized carbons (Fsp3) is 0. The molecule has 0 fully saturated rings. The van der Waals surface area contributed by atoms with Gasteiger partial charge in [0.2, 0.25) is 0 Å². The largest absolute Gasteiger partial charge is 0.259 e. The molecule has 3 rings (SSSR count). The van der Waals surface area contributed by atoms with Gasteiger partial charge in [-0.1, -0.05) is 29.8 Å². The van der Waals surface area contributed by atoms with Crippen LogP contribution in [-0.4, -0.2) is 21.2 Å². The molecule has 20 heavy (non-hydrogen) atoms. The molecule has 2 aromatic heterocycles. The van der Waals surface area contributed by atoms with Crippen LogP contribution in [0.2, 0.25) is 5.15 Å². The molecule has 0 spiro atoms. The summed E-state index contributed by atoms with van der Waals surface area (Å²) in [6.07, 6.45) is 3.29. The van der Waals surface area contributed by atoms with Crippen LogP contribution < -0.4 is 5.43 Å².